The fraction of sp³-hybridized carbons (Fsp3) is 0.455. The lowest BCUT2D eigenvalue weighted by atomic mass is 10.2. The molecular formula is C11H18N4O3S. The van der Waals surface area contributed by atoms with Gasteiger partial charge >= 0.3 is 0 Å². The third kappa shape index (κ3) is 5.33. The van der Waals surface area contributed by atoms with E-state index < -0.39 is 15.9 Å². The molecule has 106 valence electrons. The predicted octanol–water partition coefficient (Wildman–Crippen LogP) is -0.791. The molecule has 0 atom stereocenters. The molecule has 0 aromatic carbocycles. The summed E-state index contributed by atoms with van der Waals surface area (Å²) >= 11 is 0. The monoisotopic (exact) mass is 286 g/mol. The number of nitrogens with one attached hydrogen (secondary N) is 2. The van der Waals surface area contributed by atoms with Crippen molar-refractivity contribution in [3.8, 4) is 0 Å². The molecule has 0 aliphatic heterocycles. The average molecular weight is 286 g/mol. The van der Waals surface area contributed by atoms with E-state index in [1.165, 1.54) is 6.20 Å². The number of hydrogen-bond acceptors (Lipinski definition) is 5. The maximum Gasteiger partial charge on any atom is 0.269 e. The van der Waals surface area contributed by atoms with Gasteiger partial charge in [0.15, 0.2) is 0 Å². The third-order valence-electron chi connectivity index (χ3n) is 2.31. The Labute approximate surface area is 112 Å². The van der Waals surface area contributed by atoms with Crippen LogP contribution in [0, 0.1) is 0 Å². The number of carbonyl (C=O) groups is 1. The van der Waals surface area contributed by atoms with Gasteiger partial charge in [-0.15, -0.1) is 0 Å². The van der Waals surface area contributed by atoms with Crippen molar-refractivity contribution in [1.82, 2.24) is 15.0 Å². The van der Waals surface area contributed by atoms with Crippen LogP contribution >= 0.6 is 0 Å². The van der Waals surface area contributed by atoms with Crippen LogP contribution < -0.4 is 15.8 Å². The van der Waals surface area contributed by atoms with Crippen LogP contribution in [0.3, 0.4) is 0 Å². The molecule has 0 bridgehead atoms. The number of sulfonamides is 1. The molecule has 0 spiro atoms. The number of hydrogen-bond donors (Lipinski definition) is 3. The maximum absolute atomic E-state index is 11.7. The molecule has 1 heterocycles. The van der Waals surface area contributed by atoms with Crippen LogP contribution in [0.2, 0.25) is 0 Å². The number of nitrogens with two attached hydrogens (primary N) is 1. The van der Waals surface area contributed by atoms with Gasteiger partial charge < -0.3 is 11.1 Å². The van der Waals surface area contributed by atoms with E-state index in [0.717, 1.165) is 5.56 Å². The predicted molar refractivity (Wildman–Crippen MR) is 71.9 cm³/mol. The van der Waals surface area contributed by atoms with Crippen LogP contribution in [0.25, 0.3) is 0 Å². The summed E-state index contributed by atoms with van der Waals surface area (Å²) in [6.45, 7) is 2.42. The van der Waals surface area contributed by atoms with E-state index in [4.69, 9.17) is 5.73 Å². The van der Waals surface area contributed by atoms with Gasteiger partial charge in [-0.25, -0.2) is 13.1 Å². The molecular weight excluding hydrogens is 268 g/mol. The second-order valence-electron chi connectivity index (χ2n) is 3.83. The van der Waals surface area contributed by atoms with Crippen molar-refractivity contribution in [3.63, 3.8) is 0 Å². The fourth-order valence-corrected chi connectivity index (χ4v) is 2.32. The second-order valence-corrected chi connectivity index (χ2v) is 5.75. The van der Waals surface area contributed by atoms with Crippen molar-refractivity contribution in [2.24, 2.45) is 5.73 Å². The fourth-order valence-electron chi connectivity index (χ4n) is 1.36. The highest BCUT2D eigenvalue weighted by Gasteiger charge is 2.11. The summed E-state index contributed by atoms with van der Waals surface area (Å²) in [5, 5.41) is 2.50. The van der Waals surface area contributed by atoms with E-state index >= 15 is 0 Å². The van der Waals surface area contributed by atoms with Crippen LogP contribution in [-0.2, 0) is 16.6 Å². The van der Waals surface area contributed by atoms with Crippen molar-refractivity contribution < 1.29 is 13.2 Å². The highest BCUT2D eigenvalue weighted by Crippen LogP contribution is 1.99. The Morgan fingerprint density at radius 1 is 1.42 bits per heavy atom. The summed E-state index contributed by atoms with van der Waals surface area (Å²) in [6.07, 6.45) is 1.52. The molecule has 4 N–H and O–H groups in total. The Bertz CT molecular complexity index is 513. The van der Waals surface area contributed by atoms with Gasteiger partial charge in [0, 0.05) is 25.8 Å². The largest absolute Gasteiger partial charge is 0.350 e. The molecule has 0 saturated carbocycles. The summed E-state index contributed by atoms with van der Waals surface area (Å²) in [5.41, 5.74) is 6.48. The smallest absolute Gasteiger partial charge is 0.269 e. The summed E-state index contributed by atoms with van der Waals surface area (Å²) in [4.78, 5) is 15.6. The number of aromatic nitrogens is 1. The molecule has 1 amide bonds. The second kappa shape index (κ2) is 7.17. The van der Waals surface area contributed by atoms with E-state index in [9.17, 15) is 13.2 Å². The minimum absolute atomic E-state index is 0.0362. The molecule has 0 aliphatic carbocycles. The lowest BCUT2D eigenvalue weighted by molar-refractivity contribution is 0.0951. The number of nitrogens with zero attached hydrogens (tertiary/aromatic N) is 1. The lowest BCUT2D eigenvalue weighted by Gasteiger charge is -2.06. The molecule has 1 rings (SSSR count). The molecule has 0 unspecified atom stereocenters. The highest BCUT2D eigenvalue weighted by molar-refractivity contribution is 7.89. The first-order valence-electron chi connectivity index (χ1n) is 5.89. The Morgan fingerprint density at radius 2 is 2.16 bits per heavy atom. The summed E-state index contributed by atoms with van der Waals surface area (Å²) < 4.78 is 25.0. The van der Waals surface area contributed by atoms with E-state index in [-0.39, 0.29) is 18.0 Å². The quantitative estimate of drug-likeness (QED) is 0.607. The van der Waals surface area contributed by atoms with Gasteiger partial charge in [-0.05, 0) is 11.6 Å². The zero-order valence-corrected chi connectivity index (χ0v) is 11.5. The molecule has 0 saturated heterocycles. The van der Waals surface area contributed by atoms with Crippen molar-refractivity contribution in [2.45, 2.75) is 13.5 Å². The third-order valence-corrected chi connectivity index (χ3v) is 3.78. The highest BCUT2D eigenvalue weighted by atomic mass is 32.2. The number of pyridine rings is 1. The van der Waals surface area contributed by atoms with Gasteiger partial charge in [-0.3, -0.25) is 9.78 Å². The zero-order chi connectivity index (χ0) is 14.3. The maximum atomic E-state index is 11.7. The molecule has 8 heteroatoms. The number of amides is 1. The molecule has 0 aliphatic rings. The SMILES string of the molecule is CCNS(=O)(=O)CCNC(=O)c1ccc(CN)cn1. The molecule has 0 fully saturated rings. The van der Waals surface area contributed by atoms with Crippen molar-refractivity contribution in [2.75, 3.05) is 18.8 Å². The number of rotatable bonds is 7. The summed E-state index contributed by atoms with van der Waals surface area (Å²) in [7, 11) is -3.32. The van der Waals surface area contributed by atoms with Gasteiger partial charge in [0.1, 0.15) is 5.69 Å². The Hall–Kier alpha value is -1.51. The Morgan fingerprint density at radius 3 is 2.68 bits per heavy atom. The Balaban J connectivity index is 2.47. The van der Waals surface area contributed by atoms with Gasteiger partial charge in [-0.1, -0.05) is 13.0 Å². The summed E-state index contributed by atoms with van der Waals surface area (Å²) in [6, 6.07) is 3.26. The first kappa shape index (κ1) is 15.5. The van der Waals surface area contributed by atoms with Crippen molar-refractivity contribution in [3.05, 3.63) is 29.6 Å². The lowest BCUT2D eigenvalue weighted by Crippen LogP contribution is -2.34. The van der Waals surface area contributed by atoms with Crippen molar-refractivity contribution in [1.29, 1.82) is 0 Å². The number of carbonyl (C=O) groups excluding carboxylic acids is 1. The van der Waals surface area contributed by atoms with E-state index in [0.29, 0.717) is 13.1 Å². The van der Waals surface area contributed by atoms with Gasteiger partial charge in [0.2, 0.25) is 10.0 Å². The first-order chi connectivity index (χ1) is 8.98. The van der Waals surface area contributed by atoms with Gasteiger partial charge in [0.05, 0.1) is 5.75 Å². The van der Waals surface area contributed by atoms with Crippen LogP contribution in [0.4, 0.5) is 0 Å². The molecule has 19 heavy (non-hydrogen) atoms. The van der Waals surface area contributed by atoms with Crippen LogP contribution in [0.5, 0.6) is 0 Å². The molecule has 0 radical (unpaired) electrons. The zero-order valence-electron chi connectivity index (χ0n) is 10.7. The van der Waals surface area contributed by atoms with Gasteiger partial charge in [0.25, 0.3) is 5.91 Å². The minimum Gasteiger partial charge on any atom is -0.350 e. The van der Waals surface area contributed by atoms with Crippen molar-refractivity contribution >= 4 is 15.9 Å². The van der Waals surface area contributed by atoms with Crippen LogP contribution in [0.15, 0.2) is 18.3 Å². The Kier molecular flexibility index (Phi) is 5.87. The molecule has 7 nitrogen and oxygen atoms in total. The van der Waals surface area contributed by atoms with Crippen LogP contribution in [0.1, 0.15) is 23.0 Å². The van der Waals surface area contributed by atoms with E-state index in [2.05, 4.69) is 15.0 Å². The molecule has 1 aromatic heterocycles. The van der Waals surface area contributed by atoms with Crippen LogP contribution in [-0.4, -0.2) is 38.2 Å². The average Bonchev–Trinajstić information content (AvgIpc) is 2.38. The summed E-state index contributed by atoms with van der Waals surface area (Å²) in [5.74, 6) is -0.566. The van der Waals surface area contributed by atoms with E-state index in [1.54, 1.807) is 19.1 Å². The first-order valence-corrected chi connectivity index (χ1v) is 7.54. The normalized spacial score (nSPS) is 11.3. The van der Waals surface area contributed by atoms with E-state index in [1.807, 2.05) is 0 Å². The minimum atomic E-state index is -3.32. The topological polar surface area (TPSA) is 114 Å². The standard InChI is InChI=1S/C11H18N4O3S/c1-2-15-19(17,18)6-5-13-11(16)10-4-3-9(7-12)8-14-10/h3-4,8,15H,2,5-7,12H2,1H3,(H,13,16). The molecule has 1 aromatic rings. The van der Waals surface area contributed by atoms with Gasteiger partial charge in [-0.2, -0.15) is 0 Å².